The van der Waals surface area contributed by atoms with E-state index in [4.69, 9.17) is 23.2 Å². The second-order valence-electron chi connectivity index (χ2n) is 4.02. The molecule has 1 unspecified atom stereocenters. The van der Waals surface area contributed by atoms with Gasteiger partial charge in [0.25, 0.3) is 0 Å². The summed E-state index contributed by atoms with van der Waals surface area (Å²) < 4.78 is 0. The number of carbonyl (C=O) groups is 1. The Morgan fingerprint density at radius 1 is 1.44 bits per heavy atom. The lowest BCUT2D eigenvalue weighted by Crippen LogP contribution is -2.24. The van der Waals surface area contributed by atoms with Crippen LogP contribution in [-0.4, -0.2) is 18.4 Å². The standard InChI is InChI=1S/C12H13Cl2NO/c13-10-5-1-4-9(12(10)14)11(16)7-8-3-2-6-15-8/h1,4-5,8,15H,2-3,6-7H2. The van der Waals surface area contributed by atoms with Gasteiger partial charge in [0.05, 0.1) is 10.0 Å². The maximum absolute atomic E-state index is 12.0. The van der Waals surface area contributed by atoms with Crippen molar-refractivity contribution in [1.82, 2.24) is 5.32 Å². The molecule has 2 nitrogen and oxygen atoms in total. The summed E-state index contributed by atoms with van der Waals surface area (Å²) in [6, 6.07) is 5.46. The number of rotatable bonds is 3. The van der Waals surface area contributed by atoms with Crippen molar-refractivity contribution in [3.63, 3.8) is 0 Å². The van der Waals surface area contributed by atoms with Gasteiger partial charge in [0.2, 0.25) is 0 Å². The highest BCUT2D eigenvalue weighted by molar-refractivity contribution is 6.43. The van der Waals surface area contributed by atoms with Crippen molar-refractivity contribution in [2.24, 2.45) is 0 Å². The van der Waals surface area contributed by atoms with E-state index in [1.807, 2.05) is 0 Å². The van der Waals surface area contributed by atoms with E-state index in [0.717, 1.165) is 19.4 Å². The Morgan fingerprint density at radius 3 is 2.94 bits per heavy atom. The predicted octanol–water partition coefficient (Wildman–Crippen LogP) is 3.32. The van der Waals surface area contributed by atoms with Crippen molar-refractivity contribution < 1.29 is 4.79 Å². The Kier molecular flexibility index (Phi) is 3.85. The Balaban J connectivity index is 2.11. The van der Waals surface area contributed by atoms with E-state index in [2.05, 4.69) is 5.32 Å². The molecule has 16 heavy (non-hydrogen) atoms. The molecule has 2 rings (SSSR count). The van der Waals surface area contributed by atoms with Crippen molar-refractivity contribution in [2.45, 2.75) is 25.3 Å². The van der Waals surface area contributed by atoms with E-state index in [9.17, 15) is 4.79 Å². The fourth-order valence-electron chi connectivity index (χ4n) is 1.98. The number of halogens is 2. The molecule has 1 aromatic carbocycles. The Bertz CT molecular complexity index is 400. The molecular formula is C12H13Cl2NO. The molecule has 1 atom stereocenters. The average molecular weight is 258 g/mol. The van der Waals surface area contributed by atoms with Crippen molar-refractivity contribution in [3.8, 4) is 0 Å². The molecule has 1 heterocycles. The summed E-state index contributed by atoms with van der Waals surface area (Å²) in [4.78, 5) is 12.0. The Morgan fingerprint density at radius 2 is 2.25 bits per heavy atom. The molecule has 4 heteroatoms. The van der Waals surface area contributed by atoms with Crippen molar-refractivity contribution in [1.29, 1.82) is 0 Å². The molecule has 0 spiro atoms. The Labute approximate surface area is 105 Å². The highest BCUT2D eigenvalue weighted by Crippen LogP contribution is 2.27. The lowest BCUT2D eigenvalue weighted by molar-refractivity contribution is 0.0972. The monoisotopic (exact) mass is 257 g/mol. The molecule has 0 aromatic heterocycles. The lowest BCUT2D eigenvalue weighted by Gasteiger charge is -2.10. The van der Waals surface area contributed by atoms with Crippen LogP contribution in [0.3, 0.4) is 0 Å². The minimum atomic E-state index is 0.0619. The fourth-order valence-corrected chi connectivity index (χ4v) is 2.39. The molecule has 0 bridgehead atoms. The van der Waals surface area contributed by atoms with Crippen LogP contribution in [-0.2, 0) is 0 Å². The summed E-state index contributed by atoms with van der Waals surface area (Å²) >= 11 is 11.9. The molecular weight excluding hydrogens is 245 g/mol. The number of Topliss-reactive ketones (excluding diaryl/α,β-unsaturated/α-hetero) is 1. The zero-order valence-corrected chi connectivity index (χ0v) is 10.3. The first kappa shape index (κ1) is 11.9. The van der Waals surface area contributed by atoms with Gasteiger partial charge in [-0.1, -0.05) is 29.3 Å². The minimum absolute atomic E-state index is 0.0619. The van der Waals surface area contributed by atoms with Gasteiger partial charge >= 0.3 is 0 Å². The van der Waals surface area contributed by atoms with Crippen LogP contribution < -0.4 is 5.32 Å². The molecule has 0 amide bonds. The number of carbonyl (C=O) groups excluding carboxylic acids is 1. The first-order chi connectivity index (χ1) is 7.68. The normalized spacial score (nSPS) is 20.0. The SMILES string of the molecule is O=C(CC1CCCN1)c1cccc(Cl)c1Cl. The third kappa shape index (κ3) is 2.57. The van der Waals surface area contributed by atoms with Crippen LogP contribution in [0, 0.1) is 0 Å². The molecule has 1 saturated heterocycles. The van der Waals surface area contributed by atoms with Crippen LogP contribution in [0.5, 0.6) is 0 Å². The van der Waals surface area contributed by atoms with Gasteiger partial charge in [-0.25, -0.2) is 0 Å². The molecule has 1 N–H and O–H groups in total. The largest absolute Gasteiger partial charge is 0.314 e. The van der Waals surface area contributed by atoms with E-state index in [1.54, 1.807) is 18.2 Å². The van der Waals surface area contributed by atoms with Gasteiger partial charge in [-0.15, -0.1) is 0 Å². The van der Waals surface area contributed by atoms with Crippen LogP contribution in [0.25, 0.3) is 0 Å². The first-order valence-electron chi connectivity index (χ1n) is 5.39. The van der Waals surface area contributed by atoms with E-state index in [1.165, 1.54) is 0 Å². The van der Waals surface area contributed by atoms with Gasteiger partial charge in [0.1, 0.15) is 0 Å². The fraction of sp³-hybridized carbons (Fsp3) is 0.417. The topological polar surface area (TPSA) is 29.1 Å². The maximum atomic E-state index is 12.0. The smallest absolute Gasteiger partial charge is 0.165 e. The van der Waals surface area contributed by atoms with Crippen LogP contribution in [0.2, 0.25) is 10.0 Å². The van der Waals surface area contributed by atoms with Crippen LogP contribution in [0.15, 0.2) is 18.2 Å². The van der Waals surface area contributed by atoms with Crippen molar-refractivity contribution >= 4 is 29.0 Å². The van der Waals surface area contributed by atoms with Gasteiger partial charge in [0, 0.05) is 18.0 Å². The number of ketones is 1. The molecule has 1 aliphatic rings. The first-order valence-corrected chi connectivity index (χ1v) is 6.14. The highest BCUT2D eigenvalue weighted by Gasteiger charge is 2.20. The zero-order chi connectivity index (χ0) is 11.5. The second-order valence-corrected chi connectivity index (χ2v) is 4.81. The molecule has 0 radical (unpaired) electrons. The van der Waals surface area contributed by atoms with Gasteiger partial charge in [0.15, 0.2) is 5.78 Å². The summed E-state index contributed by atoms with van der Waals surface area (Å²) in [6.07, 6.45) is 2.70. The summed E-state index contributed by atoms with van der Waals surface area (Å²) in [5.41, 5.74) is 0.530. The molecule has 0 aliphatic carbocycles. The molecule has 0 saturated carbocycles. The molecule has 86 valence electrons. The third-order valence-electron chi connectivity index (χ3n) is 2.85. The molecule has 1 aliphatic heterocycles. The number of hydrogen-bond donors (Lipinski definition) is 1. The summed E-state index contributed by atoms with van der Waals surface area (Å²) in [7, 11) is 0. The Hall–Kier alpha value is -0.570. The summed E-state index contributed by atoms with van der Waals surface area (Å²) in [5.74, 6) is 0.0619. The molecule has 1 fully saturated rings. The number of nitrogens with one attached hydrogen (secondary N) is 1. The zero-order valence-electron chi connectivity index (χ0n) is 8.80. The van der Waals surface area contributed by atoms with Crippen molar-refractivity contribution in [3.05, 3.63) is 33.8 Å². The number of benzene rings is 1. The van der Waals surface area contributed by atoms with Gasteiger partial charge in [-0.3, -0.25) is 4.79 Å². The van der Waals surface area contributed by atoms with Crippen LogP contribution in [0.4, 0.5) is 0 Å². The molecule has 1 aromatic rings. The average Bonchev–Trinajstić information content (AvgIpc) is 2.74. The predicted molar refractivity (Wildman–Crippen MR) is 66.4 cm³/mol. The quantitative estimate of drug-likeness (QED) is 0.842. The third-order valence-corrected chi connectivity index (χ3v) is 3.67. The maximum Gasteiger partial charge on any atom is 0.165 e. The highest BCUT2D eigenvalue weighted by atomic mass is 35.5. The van der Waals surface area contributed by atoms with E-state index >= 15 is 0 Å². The van der Waals surface area contributed by atoms with Gasteiger partial charge < -0.3 is 5.32 Å². The van der Waals surface area contributed by atoms with Gasteiger partial charge in [-0.2, -0.15) is 0 Å². The van der Waals surface area contributed by atoms with Crippen LogP contribution >= 0.6 is 23.2 Å². The number of hydrogen-bond acceptors (Lipinski definition) is 2. The van der Waals surface area contributed by atoms with E-state index in [-0.39, 0.29) is 5.78 Å². The van der Waals surface area contributed by atoms with E-state index < -0.39 is 0 Å². The van der Waals surface area contributed by atoms with Crippen LogP contribution in [0.1, 0.15) is 29.6 Å². The minimum Gasteiger partial charge on any atom is -0.314 e. The second kappa shape index (κ2) is 5.17. The van der Waals surface area contributed by atoms with Gasteiger partial charge in [-0.05, 0) is 31.5 Å². The van der Waals surface area contributed by atoms with Crippen molar-refractivity contribution in [2.75, 3.05) is 6.54 Å². The summed E-state index contributed by atoms with van der Waals surface area (Å²) in [6.45, 7) is 1.00. The van der Waals surface area contributed by atoms with E-state index in [0.29, 0.717) is 28.1 Å². The lowest BCUT2D eigenvalue weighted by atomic mass is 10.0. The summed E-state index contributed by atoms with van der Waals surface area (Å²) in [5, 5.41) is 4.10.